The third-order valence-electron chi connectivity index (χ3n) is 3.33. The van der Waals surface area contributed by atoms with Gasteiger partial charge in [0.05, 0.1) is 5.56 Å². The summed E-state index contributed by atoms with van der Waals surface area (Å²) in [7, 11) is 0. The summed E-state index contributed by atoms with van der Waals surface area (Å²) in [5.74, 6) is -0.633. The van der Waals surface area contributed by atoms with Crippen LogP contribution in [0.4, 0.5) is 14.5 Å². The van der Waals surface area contributed by atoms with Gasteiger partial charge in [-0.1, -0.05) is 51.1 Å². The van der Waals surface area contributed by atoms with Crippen molar-refractivity contribution in [1.29, 1.82) is 0 Å². The zero-order chi connectivity index (χ0) is 17.0. The summed E-state index contributed by atoms with van der Waals surface area (Å²) >= 11 is 0. The molecule has 3 nitrogen and oxygen atoms in total. The average Bonchev–Trinajstić information content (AvgIpc) is 2.46. The van der Waals surface area contributed by atoms with Crippen LogP contribution in [-0.2, 0) is 5.41 Å². The lowest BCUT2D eigenvalue weighted by molar-refractivity contribution is -0.0501. The van der Waals surface area contributed by atoms with Gasteiger partial charge < -0.3 is 10.1 Å². The zero-order valence-electron chi connectivity index (χ0n) is 13.3. The number of halogens is 2. The number of hydrogen-bond donors (Lipinski definition) is 1. The predicted octanol–water partition coefficient (Wildman–Crippen LogP) is 4.84. The molecule has 0 saturated heterocycles. The number of ether oxygens (including phenoxy) is 1. The Morgan fingerprint density at radius 3 is 2.30 bits per heavy atom. The molecule has 1 N–H and O–H groups in total. The Morgan fingerprint density at radius 2 is 1.65 bits per heavy atom. The minimum atomic E-state index is -2.98. The van der Waals surface area contributed by atoms with E-state index in [-0.39, 0.29) is 16.7 Å². The van der Waals surface area contributed by atoms with Crippen LogP contribution < -0.4 is 10.1 Å². The van der Waals surface area contributed by atoms with Crippen LogP contribution in [0.15, 0.2) is 48.5 Å². The number of hydrogen-bond acceptors (Lipinski definition) is 2. The predicted molar refractivity (Wildman–Crippen MR) is 86.2 cm³/mol. The Morgan fingerprint density at radius 1 is 1.04 bits per heavy atom. The number of anilines is 1. The van der Waals surface area contributed by atoms with Crippen molar-refractivity contribution < 1.29 is 18.3 Å². The third kappa shape index (κ3) is 4.28. The summed E-state index contributed by atoms with van der Waals surface area (Å²) in [6, 6.07) is 13.4. The highest BCUT2D eigenvalue weighted by molar-refractivity contribution is 6.06. The standard InChI is InChI=1S/C18H19F2NO2/c1-18(2,3)13-9-5-6-10-14(13)21-16(22)12-8-4-7-11-15(12)23-17(19)20/h4-11,17H,1-3H3,(H,21,22). The minimum absolute atomic E-state index is 0.0662. The molecular weight excluding hydrogens is 300 g/mol. The number of amides is 1. The lowest BCUT2D eigenvalue weighted by Gasteiger charge is -2.23. The Balaban J connectivity index is 2.31. The summed E-state index contributed by atoms with van der Waals surface area (Å²) in [4.78, 5) is 12.5. The van der Waals surface area contributed by atoms with E-state index in [2.05, 4.69) is 10.1 Å². The Hall–Kier alpha value is -2.43. The molecule has 0 spiro atoms. The Labute approximate surface area is 134 Å². The third-order valence-corrected chi connectivity index (χ3v) is 3.33. The molecule has 2 aromatic rings. The van der Waals surface area contributed by atoms with E-state index in [9.17, 15) is 13.6 Å². The number of alkyl halides is 2. The van der Waals surface area contributed by atoms with Gasteiger partial charge in [0.25, 0.3) is 5.91 Å². The lowest BCUT2D eigenvalue weighted by atomic mass is 9.86. The van der Waals surface area contributed by atoms with E-state index in [0.717, 1.165) is 5.56 Å². The van der Waals surface area contributed by atoms with Gasteiger partial charge in [0.2, 0.25) is 0 Å². The Kier molecular flexibility index (Phi) is 4.98. The molecule has 0 aliphatic carbocycles. The highest BCUT2D eigenvalue weighted by Crippen LogP contribution is 2.30. The van der Waals surface area contributed by atoms with Gasteiger partial charge in [0.1, 0.15) is 5.75 Å². The molecule has 0 saturated carbocycles. The summed E-state index contributed by atoms with van der Waals surface area (Å²) in [6.07, 6.45) is 0. The largest absolute Gasteiger partial charge is 0.434 e. The second-order valence-electron chi connectivity index (χ2n) is 6.12. The number of benzene rings is 2. The number of carbonyl (C=O) groups is 1. The normalized spacial score (nSPS) is 11.4. The summed E-state index contributed by atoms with van der Waals surface area (Å²) in [5.41, 5.74) is 1.51. The van der Waals surface area contributed by atoms with Crippen molar-refractivity contribution in [2.24, 2.45) is 0 Å². The molecule has 2 rings (SSSR count). The molecule has 0 fully saturated rings. The van der Waals surface area contributed by atoms with Gasteiger partial charge in [-0.05, 0) is 29.2 Å². The number of rotatable bonds is 4. The van der Waals surface area contributed by atoms with Gasteiger partial charge >= 0.3 is 6.61 Å². The van der Waals surface area contributed by atoms with Crippen LogP contribution in [0.2, 0.25) is 0 Å². The topological polar surface area (TPSA) is 38.3 Å². The molecule has 0 atom stereocenters. The second kappa shape index (κ2) is 6.77. The van der Waals surface area contributed by atoms with Crippen LogP contribution in [0, 0.1) is 0 Å². The van der Waals surface area contributed by atoms with Crippen LogP contribution in [-0.4, -0.2) is 12.5 Å². The smallest absolute Gasteiger partial charge is 0.387 e. The van der Waals surface area contributed by atoms with E-state index >= 15 is 0 Å². The fourth-order valence-corrected chi connectivity index (χ4v) is 2.29. The van der Waals surface area contributed by atoms with Crippen LogP contribution in [0.1, 0.15) is 36.7 Å². The quantitative estimate of drug-likeness (QED) is 0.876. The van der Waals surface area contributed by atoms with E-state index in [4.69, 9.17) is 0 Å². The molecule has 0 bridgehead atoms. The highest BCUT2D eigenvalue weighted by Gasteiger charge is 2.20. The van der Waals surface area contributed by atoms with Crippen LogP contribution in [0.5, 0.6) is 5.75 Å². The first kappa shape index (κ1) is 16.9. The monoisotopic (exact) mass is 319 g/mol. The van der Waals surface area contributed by atoms with Gasteiger partial charge in [-0.15, -0.1) is 0 Å². The van der Waals surface area contributed by atoms with E-state index < -0.39 is 12.5 Å². The Bertz CT molecular complexity index is 693. The summed E-state index contributed by atoms with van der Waals surface area (Å²) < 4.78 is 29.3. The van der Waals surface area contributed by atoms with Crippen LogP contribution in [0.3, 0.4) is 0 Å². The highest BCUT2D eigenvalue weighted by atomic mass is 19.3. The summed E-state index contributed by atoms with van der Waals surface area (Å²) in [6.45, 7) is 3.12. The second-order valence-corrected chi connectivity index (χ2v) is 6.12. The van der Waals surface area contributed by atoms with E-state index in [0.29, 0.717) is 5.69 Å². The van der Waals surface area contributed by atoms with Gasteiger partial charge in [0.15, 0.2) is 0 Å². The molecule has 5 heteroatoms. The zero-order valence-corrected chi connectivity index (χ0v) is 13.3. The molecule has 0 aliphatic heterocycles. The molecular formula is C18H19F2NO2. The fourth-order valence-electron chi connectivity index (χ4n) is 2.29. The molecule has 2 aromatic carbocycles. The number of para-hydroxylation sites is 2. The molecule has 0 aliphatic rings. The first-order valence-electron chi connectivity index (χ1n) is 7.24. The van der Waals surface area contributed by atoms with Crippen molar-refractivity contribution in [3.05, 3.63) is 59.7 Å². The molecule has 122 valence electrons. The first-order chi connectivity index (χ1) is 10.8. The van der Waals surface area contributed by atoms with E-state index in [1.165, 1.54) is 18.2 Å². The molecule has 0 heterocycles. The van der Waals surface area contributed by atoms with Crippen molar-refractivity contribution in [1.82, 2.24) is 0 Å². The van der Waals surface area contributed by atoms with Crippen molar-refractivity contribution in [2.75, 3.05) is 5.32 Å². The van der Waals surface area contributed by atoms with Gasteiger partial charge in [-0.25, -0.2) is 0 Å². The SMILES string of the molecule is CC(C)(C)c1ccccc1NC(=O)c1ccccc1OC(F)F. The van der Waals surface area contributed by atoms with Crippen molar-refractivity contribution in [2.45, 2.75) is 32.8 Å². The van der Waals surface area contributed by atoms with Crippen molar-refractivity contribution >= 4 is 11.6 Å². The maximum absolute atomic E-state index is 12.5. The van der Waals surface area contributed by atoms with E-state index in [1.807, 2.05) is 39.0 Å². The molecule has 23 heavy (non-hydrogen) atoms. The maximum Gasteiger partial charge on any atom is 0.387 e. The van der Waals surface area contributed by atoms with E-state index in [1.54, 1.807) is 12.1 Å². The van der Waals surface area contributed by atoms with Gasteiger partial charge in [-0.2, -0.15) is 8.78 Å². The molecule has 0 unspecified atom stereocenters. The molecule has 1 amide bonds. The summed E-state index contributed by atoms with van der Waals surface area (Å²) in [5, 5.41) is 2.78. The maximum atomic E-state index is 12.5. The fraction of sp³-hybridized carbons (Fsp3) is 0.278. The minimum Gasteiger partial charge on any atom is -0.434 e. The molecule has 0 radical (unpaired) electrons. The molecule has 0 aromatic heterocycles. The first-order valence-corrected chi connectivity index (χ1v) is 7.24. The number of carbonyl (C=O) groups excluding carboxylic acids is 1. The van der Waals surface area contributed by atoms with Gasteiger partial charge in [0, 0.05) is 5.69 Å². The van der Waals surface area contributed by atoms with Crippen molar-refractivity contribution in [3.63, 3.8) is 0 Å². The lowest BCUT2D eigenvalue weighted by Crippen LogP contribution is -2.19. The van der Waals surface area contributed by atoms with Crippen LogP contribution in [0.25, 0.3) is 0 Å². The van der Waals surface area contributed by atoms with Crippen LogP contribution >= 0.6 is 0 Å². The average molecular weight is 319 g/mol. The van der Waals surface area contributed by atoms with Gasteiger partial charge in [-0.3, -0.25) is 4.79 Å². The van der Waals surface area contributed by atoms with Crippen molar-refractivity contribution in [3.8, 4) is 5.75 Å². The number of nitrogens with one attached hydrogen (secondary N) is 1.